The van der Waals surface area contributed by atoms with E-state index in [-0.39, 0.29) is 6.54 Å². The summed E-state index contributed by atoms with van der Waals surface area (Å²) in [6.45, 7) is 1.51. The van der Waals surface area contributed by atoms with Crippen LogP contribution in [0.15, 0.2) is 17.0 Å². The van der Waals surface area contributed by atoms with Gasteiger partial charge in [-0.25, -0.2) is 26.3 Å². The highest BCUT2D eigenvalue weighted by Crippen LogP contribution is 2.19. The molecule has 4 nitrogen and oxygen atoms in total. The Balaban J connectivity index is 2.81. The Kier molecular flexibility index (Phi) is 5.33. The molecule has 108 valence electrons. The normalized spacial score (nSPS) is 13.5. The Morgan fingerprint density at radius 1 is 1.26 bits per heavy atom. The smallest absolute Gasteiger partial charge is 0.243 e. The van der Waals surface area contributed by atoms with E-state index in [1.54, 1.807) is 6.92 Å². The number of aliphatic hydroxyl groups excluding tert-OH is 1. The molecule has 0 aromatic heterocycles. The maximum atomic E-state index is 13.3. The van der Waals surface area contributed by atoms with Crippen molar-refractivity contribution >= 4 is 10.0 Å². The van der Waals surface area contributed by atoms with Gasteiger partial charge in [0.1, 0.15) is 4.90 Å². The number of benzene rings is 1. The molecule has 8 heteroatoms. The molecule has 0 saturated carbocycles. The summed E-state index contributed by atoms with van der Waals surface area (Å²) in [5, 5.41) is 8.98. The number of aliphatic hydroxyl groups is 1. The summed E-state index contributed by atoms with van der Waals surface area (Å²) < 4.78 is 64.3. The monoisotopic (exact) mass is 297 g/mol. The first-order valence-electron chi connectivity index (χ1n) is 5.57. The van der Waals surface area contributed by atoms with Gasteiger partial charge in [0.05, 0.1) is 6.10 Å². The predicted molar refractivity (Wildman–Crippen MR) is 62.4 cm³/mol. The minimum absolute atomic E-state index is 0.0360. The van der Waals surface area contributed by atoms with Gasteiger partial charge in [-0.1, -0.05) is 0 Å². The molecule has 1 unspecified atom stereocenters. The van der Waals surface area contributed by atoms with Gasteiger partial charge in [0.25, 0.3) is 0 Å². The molecule has 0 radical (unpaired) electrons. The summed E-state index contributed by atoms with van der Waals surface area (Å²) >= 11 is 0. The van der Waals surface area contributed by atoms with E-state index in [0.717, 1.165) is 0 Å². The zero-order valence-electron chi connectivity index (χ0n) is 10.2. The van der Waals surface area contributed by atoms with E-state index in [9.17, 15) is 21.6 Å². The van der Waals surface area contributed by atoms with Crippen LogP contribution in [0.5, 0.6) is 0 Å². The lowest BCUT2D eigenvalue weighted by Crippen LogP contribution is -2.26. The zero-order chi connectivity index (χ0) is 14.6. The van der Waals surface area contributed by atoms with Crippen LogP contribution in [0.25, 0.3) is 0 Å². The lowest BCUT2D eigenvalue weighted by Gasteiger charge is -2.09. The Morgan fingerprint density at radius 2 is 1.89 bits per heavy atom. The van der Waals surface area contributed by atoms with Crippen LogP contribution < -0.4 is 4.72 Å². The van der Waals surface area contributed by atoms with Crippen molar-refractivity contribution in [2.24, 2.45) is 0 Å². The molecule has 0 fully saturated rings. The van der Waals surface area contributed by atoms with Crippen molar-refractivity contribution in [1.29, 1.82) is 0 Å². The molecular weight excluding hydrogens is 283 g/mol. The third-order valence-corrected chi connectivity index (χ3v) is 3.86. The largest absolute Gasteiger partial charge is 0.393 e. The van der Waals surface area contributed by atoms with Crippen molar-refractivity contribution < 1.29 is 26.7 Å². The van der Waals surface area contributed by atoms with E-state index in [1.807, 2.05) is 0 Å². The van der Waals surface area contributed by atoms with E-state index in [4.69, 9.17) is 5.11 Å². The van der Waals surface area contributed by atoms with Crippen LogP contribution in [0.1, 0.15) is 19.8 Å². The van der Waals surface area contributed by atoms with E-state index in [0.29, 0.717) is 25.0 Å². The van der Waals surface area contributed by atoms with Crippen LogP contribution >= 0.6 is 0 Å². The first-order chi connectivity index (χ1) is 8.75. The molecular formula is C11H14F3NO3S. The third-order valence-electron chi connectivity index (χ3n) is 2.38. The van der Waals surface area contributed by atoms with Gasteiger partial charge >= 0.3 is 0 Å². The summed E-state index contributed by atoms with van der Waals surface area (Å²) in [7, 11) is -4.24. The van der Waals surface area contributed by atoms with Gasteiger partial charge in [0.15, 0.2) is 17.5 Å². The molecule has 0 bridgehead atoms. The van der Waals surface area contributed by atoms with Gasteiger partial charge in [-0.15, -0.1) is 0 Å². The molecule has 0 spiro atoms. The number of halogens is 3. The lowest BCUT2D eigenvalue weighted by molar-refractivity contribution is 0.182. The van der Waals surface area contributed by atoms with Crippen LogP contribution in [0, 0.1) is 17.5 Å². The fraction of sp³-hybridized carbons (Fsp3) is 0.455. The quantitative estimate of drug-likeness (QED) is 0.618. The number of rotatable bonds is 6. The van der Waals surface area contributed by atoms with Gasteiger partial charge < -0.3 is 5.11 Å². The SMILES string of the molecule is CC(O)CCCNS(=O)(=O)c1ccc(F)c(F)c1F. The summed E-state index contributed by atoms with van der Waals surface area (Å²) in [5.41, 5.74) is 0. The fourth-order valence-corrected chi connectivity index (χ4v) is 2.54. The van der Waals surface area contributed by atoms with Gasteiger partial charge in [-0.2, -0.15) is 0 Å². The molecule has 1 aromatic carbocycles. The molecule has 19 heavy (non-hydrogen) atoms. The van der Waals surface area contributed by atoms with E-state index < -0.39 is 38.5 Å². The van der Waals surface area contributed by atoms with Crippen molar-refractivity contribution in [2.75, 3.05) is 6.54 Å². The predicted octanol–water partition coefficient (Wildman–Crippen LogP) is 1.54. The summed E-state index contributed by atoms with van der Waals surface area (Å²) in [6, 6.07) is 1.20. The molecule has 0 aliphatic carbocycles. The van der Waals surface area contributed by atoms with Crippen LogP contribution in [-0.4, -0.2) is 26.2 Å². The van der Waals surface area contributed by atoms with E-state index in [2.05, 4.69) is 4.72 Å². The topological polar surface area (TPSA) is 66.4 Å². The van der Waals surface area contributed by atoms with Crippen LogP contribution in [0.2, 0.25) is 0 Å². The van der Waals surface area contributed by atoms with Crippen molar-refractivity contribution in [3.8, 4) is 0 Å². The maximum Gasteiger partial charge on any atom is 0.243 e. The molecule has 1 rings (SSSR count). The highest BCUT2D eigenvalue weighted by Gasteiger charge is 2.23. The zero-order valence-corrected chi connectivity index (χ0v) is 11.0. The van der Waals surface area contributed by atoms with Crippen LogP contribution in [0.3, 0.4) is 0 Å². The number of nitrogens with one attached hydrogen (secondary N) is 1. The van der Waals surface area contributed by atoms with Crippen molar-refractivity contribution in [1.82, 2.24) is 4.72 Å². The average molecular weight is 297 g/mol. The second kappa shape index (κ2) is 6.36. The average Bonchev–Trinajstić information content (AvgIpc) is 2.31. The van der Waals surface area contributed by atoms with Crippen LogP contribution in [-0.2, 0) is 10.0 Å². The molecule has 0 aliphatic rings. The van der Waals surface area contributed by atoms with Crippen LogP contribution in [0.4, 0.5) is 13.2 Å². The summed E-state index contributed by atoms with van der Waals surface area (Å²) in [5.74, 6) is -5.03. The van der Waals surface area contributed by atoms with Gasteiger partial charge in [-0.3, -0.25) is 0 Å². The van der Waals surface area contributed by atoms with Crippen molar-refractivity contribution in [2.45, 2.75) is 30.8 Å². The second-order valence-electron chi connectivity index (χ2n) is 4.06. The Labute approximate surface area is 109 Å². The van der Waals surface area contributed by atoms with Crippen molar-refractivity contribution in [3.05, 3.63) is 29.6 Å². The highest BCUT2D eigenvalue weighted by molar-refractivity contribution is 7.89. The van der Waals surface area contributed by atoms with E-state index >= 15 is 0 Å². The van der Waals surface area contributed by atoms with Gasteiger partial charge in [-0.05, 0) is 31.9 Å². The Bertz CT molecular complexity index is 546. The standard InChI is InChI=1S/C11H14F3NO3S/c1-7(16)3-2-6-15-19(17,18)9-5-4-8(12)10(13)11(9)14/h4-5,7,15-16H,2-3,6H2,1H3. The van der Waals surface area contributed by atoms with Crippen molar-refractivity contribution in [3.63, 3.8) is 0 Å². The van der Waals surface area contributed by atoms with Gasteiger partial charge in [0.2, 0.25) is 10.0 Å². The Morgan fingerprint density at radius 3 is 2.47 bits per heavy atom. The first-order valence-corrected chi connectivity index (χ1v) is 7.05. The van der Waals surface area contributed by atoms with Gasteiger partial charge in [0, 0.05) is 6.54 Å². The summed E-state index contributed by atoms with van der Waals surface area (Å²) in [4.78, 5) is -0.941. The number of hydrogen-bond donors (Lipinski definition) is 2. The molecule has 2 N–H and O–H groups in total. The molecule has 0 amide bonds. The first kappa shape index (κ1) is 15.9. The summed E-state index contributed by atoms with van der Waals surface area (Å²) in [6.07, 6.45) is 0.120. The third kappa shape index (κ3) is 4.19. The minimum atomic E-state index is -4.24. The molecule has 0 saturated heterocycles. The Hall–Kier alpha value is -1.12. The molecule has 0 aliphatic heterocycles. The highest BCUT2D eigenvalue weighted by atomic mass is 32.2. The minimum Gasteiger partial charge on any atom is -0.393 e. The number of hydrogen-bond acceptors (Lipinski definition) is 3. The molecule has 0 heterocycles. The van der Waals surface area contributed by atoms with E-state index in [1.165, 1.54) is 0 Å². The maximum absolute atomic E-state index is 13.3. The molecule has 1 atom stereocenters. The molecule has 1 aromatic rings. The second-order valence-corrected chi connectivity index (χ2v) is 5.80. The number of sulfonamides is 1. The lowest BCUT2D eigenvalue weighted by atomic mass is 10.2. The fourth-order valence-electron chi connectivity index (χ4n) is 1.40.